The van der Waals surface area contributed by atoms with Crippen LogP contribution in [0, 0.1) is 5.92 Å². The fourth-order valence-electron chi connectivity index (χ4n) is 2.47. The van der Waals surface area contributed by atoms with Crippen LogP contribution in [0.3, 0.4) is 0 Å². The predicted octanol–water partition coefficient (Wildman–Crippen LogP) is 2.96. The van der Waals surface area contributed by atoms with Gasteiger partial charge in [0.25, 0.3) is 0 Å². The van der Waals surface area contributed by atoms with Crippen molar-refractivity contribution in [2.45, 2.75) is 38.7 Å². The molecule has 1 aliphatic carbocycles. The smallest absolute Gasteiger partial charge is 0.244 e. The van der Waals surface area contributed by atoms with Crippen LogP contribution >= 0.6 is 11.6 Å². The Balaban J connectivity index is 1.91. The lowest BCUT2D eigenvalue weighted by molar-refractivity contribution is 0.0990. The molecule has 2 unspecified atom stereocenters. The van der Waals surface area contributed by atoms with E-state index in [-0.39, 0.29) is 11.4 Å². The van der Waals surface area contributed by atoms with E-state index in [9.17, 15) is 0 Å². The van der Waals surface area contributed by atoms with E-state index in [4.69, 9.17) is 16.3 Å². The van der Waals surface area contributed by atoms with Gasteiger partial charge < -0.3 is 9.72 Å². The zero-order valence-corrected chi connectivity index (χ0v) is 10.9. The number of fused-ring (bicyclic) bond motifs is 1. The number of nitrogens with zero attached hydrogens (tertiary/aromatic N) is 3. The van der Waals surface area contributed by atoms with Crippen molar-refractivity contribution in [3.05, 3.63) is 11.6 Å². The Bertz CT molecular complexity index is 556. The van der Waals surface area contributed by atoms with Crippen LogP contribution in [-0.4, -0.2) is 26.0 Å². The molecule has 6 heteroatoms. The summed E-state index contributed by atoms with van der Waals surface area (Å²) >= 11 is 5.88. The second kappa shape index (κ2) is 4.72. The summed E-state index contributed by atoms with van der Waals surface area (Å²) in [6, 6.07) is 0. The molecule has 0 aromatic carbocycles. The summed E-state index contributed by atoms with van der Waals surface area (Å²) in [6.45, 7) is 2.22. The van der Waals surface area contributed by atoms with E-state index in [1.807, 2.05) is 0 Å². The molecule has 18 heavy (non-hydrogen) atoms. The Morgan fingerprint density at radius 1 is 1.33 bits per heavy atom. The fourth-order valence-corrected chi connectivity index (χ4v) is 2.62. The molecule has 2 atom stereocenters. The third kappa shape index (κ3) is 2.14. The van der Waals surface area contributed by atoms with Gasteiger partial charge in [-0.2, -0.15) is 9.97 Å². The maximum Gasteiger partial charge on any atom is 0.244 e. The molecular weight excluding hydrogens is 252 g/mol. The molecule has 2 aromatic rings. The average molecular weight is 267 g/mol. The second-order valence-electron chi connectivity index (χ2n) is 4.82. The molecule has 0 amide bonds. The number of ether oxygens (including phenoxy) is 1. The molecule has 1 aliphatic rings. The molecule has 0 radical (unpaired) electrons. The zero-order valence-electron chi connectivity index (χ0n) is 10.2. The molecule has 2 aromatic heterocycles. The first kappa shape index (κ1) is 11.7. The summed E-state index contributed by atoms with van der Waals surface area (Å²) in [5, 5.41) is 0.174. The fraction of sp³-hybridized carbons (Fsp3) is 0.583. The van der Waals surface area contributed by atoms with E-state index in [2.05, 4.69) is 26.9 Å². The number of H-pyrrole nitrogens is 1. The van der Waals surface area contributed by atoms with E-state index < -0.39 is 0 Å². The van der Waals surface area contributed by atoms with Gasteiger partial charge in [0.15, 0.2) is 5.65 Å². The number of nitrogens with one attached hydrogen (secondary N) is 1. The molecule has 1 saturated carbocycles. The molecule has 0 aliphatic heterocycles. The third-order valence-corrected chi connectivity index (χ3v) is 3.69. The minimum absolute atomic E-state index is 0.174. The lowest BCUT2D eigenvalue weighted by atomic mass is 9.88. The molecule has 0 bridgehead atoms. The van der Waals surface area contributed by atoms with Crippen LogP contribution in [0.4, 0.5) is 0 Å². The largest absolute Gasteiger partial charge is 0.472 e. The van der Waals surface area contributed by atoms with E-state index in [0.29, 0.717) is 17.4 Å². The van der Waals surface area contributed by atoms with Gasteiger partial charge in [-0.15, -0.1) is 0 Å². The summed E-state index contributed by atoms with van der Waals surface area (Å²) in [6.07, 6.45) is 6.54. The van der Waals surface area contributed by atoms with Gasteiger partial charge in [-0.1, -0.05) is 13.3 Å². The molecule has 1 N–H and O–H groups in total. The Labute approximate surface area is 110 Å². The lowest BCUT2D eigenvalue weighted by Crippen LogP contribution is -2.28. The number of hydrogen-bond donors (Lipinski definition) is 1. The van der Waals surface area contributed by atoms with Crippen molar-refractivity contribution in [3.63, 3.8) is 0 Å². The van der Waals surface area contributed by atoms with Crippen LogP contribution in [0.1, 0.15) is 32.6 Å². The highest BCUT2D eigenvalue weighted by Gasteiger charge is 2.24. The molecule has 5 nitrogen and oxygen atoms in total. The van der Waals surface area contributed by atoms with Crippen LogP contribution in [0.25, 0.3) is 11.2 Å². The highest BCUT2D eigenvalue weighted by Crippen LogP contribution is 2.29. The van der Waals surface area contributed by atoms with Crippen molar-refractivity contribution in [3.8, 4) is 5.88 Å². The quantitative estimate of drug-likeness (QED) is 0.849. The number of aromatic amines is 1. The number of hydrogen-bond acceptors (Lipinski definition) is 4. The SMILES string of the molecule is CC1CCCCC1Oc1nc(Cl)nc2nc[nH]c12. The molecule has 0 spiro atoms. The van der Waals surface area contributed by atoms with Gasteiger partial charge in [0.05, 0.1) is 6.33 Å². The minimum Gasteiger partial charge on any atom is -0.472 e. The van der Waals surface area contributed by atoms with Crippen LogP contribution in [-0.2, 0) is 0 Å². The second-order valence-corrected chi connectivity index (χ2v) is 5.16. The Morgan fingerprint density at radius 3 is 3.00 bits per heavy atom. The topological polar surface area (TPSA) is 63.7 Å². The van der Waals surface area contributed by atoms with Gasteiger partial charge in [0.1, 0.15) is 11.6 Å². The molecule has 0 saturated heterocycles. The van der Waals surface area contributed by atoms with E-state index in [1.54, 1.807) is 6.33 Å². The van der Waals surface area contributed by atoms with Gasteiger partial charge in [-0.05, 0) is 36.8 Å². The maximum atomic E-state index is 6.01. The molecule has 1 fully saturated rings. The Kier molecular flexibility index (Phi) is 3.07. The van der Waals surface area contributed by atoms with Crippen LogP contribution < -0.4 is 4.74 Å². The van der Waals surface area contributed by atoms with E-state index >= 15 is 0 Å². The normalized spacial score (nSPS) is 24.3. The van der Waals surface area contributed by atoms with Crippen molar-refractivity contribution in [2.75, 3.05) is 0 Å². The van der Waals surface area contributed by atoms with Crippen molar-refractivity contribution in [1.82, 2.24) is 19.9 Å². The van der Waals surface area contributed by atoms with Gasteiger partial charge in [0.2, 0.25) is 11.2 Å². The van der Waals surface area contributed by atoms with Crippen molar-refractivity contribution < 1.29 is 4.74 Å². The maximum absolute atomic E-state index is 6.01. The van der Waals surface area contributed by atoms with E-state index in [1.165, 1.54) is 19.3 Å². The number of aromatic nitrogens is 4. The van der Waals surface area contributed by atoms with Crippen LogP contribution in [0.2, 0.25) is 5.28 Å². The summed E-state index contributed by atoms with van der Waals surface area (Å²) in [7, 11) is 0. The number of imidazole rings is 1. The Morgan fingerprint density at radius 2 is 2.17 bits per heavy atom. The first-order chi connectivity index (χ1) is 8.74. The van der Waals surface area contributed by atoms with Gasteiger partial charge in [0, 0.05) is 0 Å². The minimum atomic E-state index is 0.174. The predicted molar refractivity (Wildman–Crippen MR) is 68.7 cm³/mol. The van der Waals surface area contributed by atoms with Crippen molar-refractivity contribution >= 4 is 22.8 Å². The summed E-state index contributed by atoms with van der Waals surface area (Å²) in [4.78, 5) is 15.3. The molecule has 96 valence electrons. The number of halogens is 1. The molecule has 3 rings (SSSR count). The summed E-state index contributed by atoms with van der Waals surface area (Å²) in [5.41, 5.74) is 1.27. The molecular formula is C12H15ClN4O. The first-order valence-corrected chi connectivity index (χ1v) is 6.65. The van der Waals surface area contributed by atoms with Crippen molar-refractivity contribution in [1.29, 1.82) is 0 Å². The number of rotatable bonds is 2. The Hall–Kier alpha value is -1.36. The van der Waals surface area contributed by atoms with Crippen LogP contribution in [0.5, 0.6) is 5.88 Å². The highest BCUT2D eigenvalue weighted by atomic mass is 35.5. The lowest BCUT2D eigenvalue weighted by Gasteiger charge is -2.28. The third-order valence-electron chi connectivity index (χ3n) is 3.52. The van der Waals surface area contributed by atoms with Crippen molar-refractivity contribution in [2.24, 2.45) is 5.92 Å². The highest BCUT2D eigenvalue weighted by molar-refractivity contribution is 6.28. The van der Waals surface area contributed by atoms with Gasteiger partial charge in [-0.3, -0.25) is 0 Å². The zero-order chi connectivity index (χ0) is 12.5. The van der Waals surface area contributed by atoms with E-state index in [0.717, 1.165) is 11.9 Å². The standard InChI is InChI=1S/C12H15ClN4O/c1-7-4-2-3-5-8(7)18-11-9-10(15-6-14-9)16-12(13)17-11/h6-8H,2-5H2,1H3,(H,14,15,16,17). The monoisotopic (exact) mass is 266 g/mol. The average Bonchev–Trinajstić information content (AvgIpc) is 2.80. The summed E-state index contributed by atoms with van der Waals surface area (Å²) in [5.74, 6) is 1.06. The van der Waals surface area contributed by atoms with Crippen LogP contribution in [0.15, 0.2) is 6.33 Å². The molecule has 2 heterocycles. The first-order valence-electron chi connectivity index (χ1n) is 6.27. The van der Waals surface area contributed by atoms with Gasteiger partial charge in [-0.25, -0.2) is 4.98 Å². The van der Waals surface area contributed by atoms with Gasteiger partial charge >= 0.3 is 0 Å². The summed E-state index contributed by atoms with van der Waals surface area (Å²) < 4.78 is 6.01.